The molecule has 9 heteroatoms. The molecule has 0 atom stereocenters. The van der Waals surface area contributed by atoms with Crippen molar-refractivity contribution in [2.45, 2.75) is 50.8 Å². The number of nitrogens with zero attached hydrogens (tertiary/aromatic N) is 3. The van der Waals surface area contributed by atoms with Crippen LogP contribution in [0.25, 0.3) is 0 Å². The van der Waals surface area contributed by atoms with E-state index in [1.165, 1.54) is 41.9 Å². The molecule has 0 fully saturated rings. The Bertz CT molecular complexity index is 1000. The molecule has 1 aromatic carbocycles. The maximum atomic E-state index is 12.6. The van der Waals surface area contributed by atoms with Crippen molar-refractivity contribution in [3.05, 3.63) is 42.2 Å². The molecule has 31 heavy (non-hydrogen) atoms. The summed E-state index contributed by atoms with van der Waals surface area (Å²) in [6.45, 7) is 5.29. The third-order valence-electron chi connectivity index (χ3n) is 5.47. The fourth-order valence-corrected chi connectivity index (χ4v) is 5.13. The SMILES string of the molecule is CCN(CC)S(=O)(=O)c1ccc(Nc2ncnc(NCCC3=CCCCC3)c2N)cc1. The fourth-order valence-electron chi connectivity index (χ4n) is 3.67. The summed E-state index contributed by atoms with van der Waals surface area (Å²) in [7, 11) is -3.48. The third kappa shape index (κ3) is 5.74. The van der Waals surface area contributed by atoms with Gasteiger partial charge in [-0.05, 0) is 56.4 Å². The molecule has 3 rings (SSSR count). The zero-order valence-corrected chi connectivity index (χ0v) is 19.1. The van der Waals surface area contributed by atoms with Gasteiger partial charge >= 0.3 is 0 Å². The molecule has 2 aromatic rings. The van der Waals surface area contributed by atoms with Crippen molar-refractivity contribution in [3.63, 3.8) is 0 Å². The first-order chi connectivity index (χ1) is 15.0. The van der Waals surface area contributed by atoms with Gasteiger partial charge in [0.2, 0.25) is 10.0 Å². The Kier molecular flexibility index (Phi) is 7.86. The number of hydrogen-bond donors (Lipinski definition) is 3. The van der Waals surface area contributed by atoms with E-state index in [-0.39, 0.29) is 4.90 Å². The largest absolute Gasteiger partial charge is 0.393 e. The summed E-state index contributed by atoms with van der Waals surface area (Å²) in [5.41, 5.74) is 8.88. The van der Waals surface area contributed by atoms with E-state index >= 15 is 0 Å². The molecule has 0 bridgehead atoms. The first kappa shape index (κ1) is 23.0. The van der Waals surface area contributed by atoms with Gasteiger partial charge in [-0.25, -0.2) is 18.4 Å². The van der Waals surface area contributed by atoms with Crippen molar-refractivity contribution in [1.29, 1.82) is 0 Å². The minimum absolute atomic E-state index is 0.261. The molecule has 1 aliphatic carbocycles. The number of hydrogen-bond acceptors (Lipinski definition) is 7. The smallest absolute Gasteiger partial charge is 0.243 e. The number of nitrogen functional groups attached to an aromatic ring is 1. The van der Waals surface area contributed by atoms with Gasteiger partial charge in [0.05, 0.1) is 4.90 Å². The van der Waals surface area contributed by atoms with Crippen LogP contribution in [0, 0.1) is 0 Å². The summed E-state index contributed by atoms with van der Waals surface area (Å²) in [4.78, 5) is 8.75. The number of sulfonamides is 1. The van der Waals surface area contributed by atoms with Crippen LogP contribution in [0.15, 0.2) is 47.1 Å². The molecule has 1 heterocycles. The molecule has 0 saturated heterocycles. The normalized spacial score (nSPS) is 14.4. The molecular formula is C22H32N6O2S. The van der Waals surface area contributed by atoms with Gasteiger partial charge in [-0.3, -0.25) is 0 Å². The van der Waals surface area contributed by atoms with Crippen molar-refractivity contribution in [2.24, 2.45) is 0 Å². The maximum Gasteiger partial charge on any atom is 0.243 e. The van der Waals surface area contributed by atoms with E-state index < -0.39 is 10.0 Å². The van der Waals surface area contributed by atoms with Gasteiger partial charge in [0.15, 0.2) is 11.6 Å². The fraction of sp³-hybridized carbons (Fsp3) is 0.455. The van der Waals surface area contributed by atoms with Crippen LogP contribution in [0.2, 0.25) is 0 Å². The van der Waals surface area contributed by atoms with Crippen LogP contribution in [0.1, 0.15) is 46.0 Å². The molecule has 0 amide bonds. The summed E-state index contributed by atoms with van der Waals surface area (Å²) in [5, 5.41) is 6.45. The lowest BCUT2D eigenvalue weighted by Gasteiger charge is -2.18. The van der Waals surface area contributed by atoms with E-state index in [1.54, 1.807) is 24.3 Å². The number of rotatable bonds is 10. The molecule has 168 valence electrons. The van der Waals surface area contributed by atoms with Crippen LogP contribution in [0.4, 0.5) is 23.0 Å². The van der Waals surface area contributed by atoms with Crippen LogP contribution in [0.3, 0.4) is 0 Å². The molecular weight excluding hydrogens is 412 g/mol. The summed E-state index contributed by atoms with van der Waals surface area (Å²) in [5.74, 6) is 1.07. The van der Waals surface area contributed by atoms with E-state index in [9.17, 15) is 8.42 Å². The Labute approximate surface area is 185 Å². The third-order valence-corrected chi connectivity index (χ3v) is 7.53. The van der Waals surface area contributed by atoms with Crippen molar-refractivity contribution in [2.75, 3.05) is 36.0 Å². The highest BCUT2D eigenvalue weighted by molar-refractivity contribution is 7.89. The number of anilines is 4. The molecule has 1 aromatic heterocycles. The molecule has 8 nitrogen and oxygen atoms in total. The van der Waals surface area contributed by atoms with E-state index in [4.69, 9.17) is 5.73 Å². The second-order valence-corrected chi connectivity index (χ2v) is 9.45. The van der Waals surface area contributed by atoms with Gasteiger partial charge in [-0.2, -0.15) is 4.31 Å². The van der Waals surface area contributed by atoms with Crippen molar-refractivity contribution < 1.29 is 8.42 Å². The minimum Gasteiger partial charge on any atom is -0.393 e. The second kappa shape index (κ2) is 10.6. The number of benzene rings is 1. The molecule has 0 aliphatic heterocycles. The predicted octanol–water partition coefficient (Wildman–Crippen LogP) is 4.14. The van der Waals surface area contributed by atoms with Crippen LogP contribution >= 0.6 is 0 Å². The first-order valence-electron chi connectivity index (χ1n) is 10.8. The molecule has 4 N–H and O–H groups in total. The predicted molar refractivity (Wildman–Crippen MR) is 126 cm³/mol. The van der Waals surface area contributed by atoms with Gasteiger partial charge in [0.1, 0.15) is 12.0 Å². The zero-order chi connectivity index (χ0) is 22.3. The lowest BCUT2D eigenvalue weighted by atomic mass is 9.97. The molecule has 0 unspecified atom stereocenters. The van der Waals surface area contributed by atoms with E-state index in [0.717, 1.165) is 13.0 Å². The molecule has 0 radical (unpaired) electrons. The van der Waals surface area contributed by atoms with Crippen LogP contribution in [-0.4, -0.2) is 42.3 Å². The Morgan fingerprint density at radius 2 is 1.77 bits per heavy atom. The van der Waals surface area contributed by atoms with Gasteiger partial charge in [-0.15, -0.1) is 0 Å². The highest BCUT2D eigenvalue weighted by Crippen LogP contribution is 2.27. The average molecular weight is 445 g/mol. The molecule has 0 saturated carbocycles. The van der Waals surface area contributed by atoms with E-state index in [0.29, 0.717) is 36.1 Å². The van der Waals surface area contributed by atoms with Gasteiger partial charge in [-0.1, -0.05) is 25.5 Å². The van der Waals surface area contributed by atoms with Gasteiger partial charge in [0, 0.05) is 25.3 Å². The Morgan fingerprint density at radius 3 is 2.42 bits per heavy atom. The first-order valence-corrected chi connectivity index (χ1v) is 12.3. The van der Waals surface area contributed by atoms with Crippen LogP contribution in [0.5, 0.6) is 0 Å². The number of nitrogens with one attached hydrogen (secondary N) is 2. The zero-order valence-electron chi connectivity index (χ0n) is 18.3. The summed E-state index contributed by atoms with van der Waals surface area (Å²) >= 11 is 0. The number of aromatic nitrogens is 2. The highest BCUT2D eigenvalue weighted by Gasteiger charge is 2.21. The Hall–Kier alpha value is -2.65. The Balaban J connectivity index is 1.66. The lowest BCUT2D eigenvalue weighted by Crippen LogP contribution is -2.30. The Morgan fingerprint density at radius 1 is 1.06 bits per heavy atom. The molecule has 1 aliphatic rings. The van der Waals surface area contributed by atoms with E-state index in [2.05, 4.69) is 26.7 Å². The quantitative estimate of drug-likeness (QED) is 0.472. The van der Waals surface area contributed by atoms with Gasteiger partial charge in [0.25, 0.3) is 0 Å². The van der Waals surface area contributed by atoms with Crippen molar-refractivity contribution in [1.82, 2.24) is 14.3 Å². The minimum atomic E-state index is -3.48. The monoisotopic (exact) mass is 444 g/mol. The average Bonchev–Trinajstić information content (AvgIpc) is 2.78. The van der Waals surface area contributed by atoms with Gasteiger partial charge < -0.3 is 16.4 Å². The topological polar surface area (TPSA) is 113 Å². The van der Waals surface area contributed by atoms with Crippen molar-refractivity contribution in [3.8, 4) is 0 Å². The highest BCUT2D eigenvalue weighted by atomic mass is 32.2. The second-order valence-electron chi connectivity index (χ2n) is 7.51. The van der Waals surface area contributed by atoms with Crippen LogP contribution in [-0.2, 0) is 10.0 Å². The number of nitrogens with two attached hydrogens (primary N) is 1. The van der Waals surface area contributed by atoms with Crippen molar-refractivity contribution >= 4 is 33.0 Å². The lowest BCUT2D eigenvalue weighted by molar-refractivity contribution is 0.445. The molecule has 0 spiro atoms. The number of allylic oxidation sites excluding steroid dienone is 1. The van der Waals surface area contributed by atoms with Crippen LogP contribution < -0.4 is 16.4 Å². The summed E-state index contributed by atoms with van der Waals surface area (Å²) in [6, 6.07) is 6.59. The summed E-state index contributed by atoms with van der Waals surface area (Å²) < 4.78 is 26.7. The maximum absolute atomic E-state index is 12.6. The summed E-state index contributed by atoms with van der Waals surface area (Å²) in [6.07, 6.45) is 9.68. The van der Waals surface area contributed by atoms with E-state index in [1.807, 2.05) is 13.8 Å². The standard InChI is InChI=1S/C22H32N6O2S/c1-3-28(4-2)31(29,30)19-12-10-18(11-13-19)27-22-20(23)21(25-16-26-22)24-15-14-17-8-6-5-7-9-17/h8,10-13,16H,3-7,9,14-15,23H2,1-2H3,(H2,24,25,26,27).